The highest BCUT2D eigenvalue weighted by Crippen LogP contribution is 2.36. The van der Waals surface area contributed by atoms with Crippen LogP contribution in [0.5, 0.6) is 0 Å². The number of carbonyl (C=O) groups is 3. The number of nitrogens with two attached hydrogens (primary N) is 1. The molecule has 1 aliphatic heterocycles. The Morgan fingerprint density at radius 2 is 2.11 bits per heavy atom. The van der Waals surface area contributed by atoms with E-state index < -0.39 is 17.5 Å². The number of H-pyrrole nitrogens is 1. The fourth-order valence-corrected chi connectivity index (χ4v) is 6.56. The van der Waals surface area contributed by atoms with E-state index in [1.54, 1.807) is 31.3 Å². The molecule has 3 aromatic rings. The number of nitrogens with one attached hydrogen (secondary N) is 3. The molecule has 2 aromatic heterocycles. The summed E-state index contributed by atoms with van der Waals surface area (Å²) in [5.41, 5.74) is 7.27. The number of amides is 2. The third-order valence-electron chi connectivity index (χ3n) is 7.36. The fraction of sp³-hybridized carbons (Fsp3) is 0.440. The number of benzene rings is 1. The first-order valence-corrected chi connectivity index (χ1v) is 13.2. The van der Waals surface area contributed by atoms with Crippen molar-refractivity contribution in [3.8, 4) is 0 Å². The summed E-state index contributed by atoms with van der Waals surface area (Å²) in [5.74, 6) is -1.17. The summed E-state index contributed by atoms with van der Waals surface area (Å²) in [4.78, 5) is 50.9. The van der Waals surface area contributed by atoms with Gasteiger partial charge in [-0.2, -0.15) is 0 Å². The lowest BCUT2D eigenvalue weighted by atomic mass is 9.69. The molecule has 190 valence electrons. The number of carbonyl (C=O) groups excluding carboxylic acids is 3. The molecule has 5 rings (SSSR count). The standard InChI is InChI=1S/C25H29ClN6O3S/c1-28-22(34)13-5-7-25(20(27)11-13,21(33)18-10-14-9-15(26)3-4-16(14)29-18)31-23(35)24-30-17-6-8-32(2)12-19(17)36-24/h3-4,9-10,13,20,29H,5-8,11-12,27H2,1-2H3,(H,28,34)(H,31,35). The number of likely N-dealkylation sites (N-methyl/N-ethyl adjacent to an activating group) is 1. The van der Waals surface area contributed by atoms with E-state index in [0.29, 0.717) is 22.1 Å². The summed E-state index contributed by atoms with van der Waals surface area (Å²) in [6.07, 6.45) is 1.72. The van der Waals surface area contributed by atoms with Crippen LogP contribution in [0.1, 0.15) is 50.1 Å². The maximum Gasteiger partial charge on any atom is 0.281 e. The maximum absolute atomic E-state index is 14.1. The molecule has 0 radical (unpaired) electrons. The van der Waals surface area contributed by atoms with Crippen molar-refractivity contribution in [2.45, 2.75) is 43.8 Å². The largest absolute Gasteiger partial charge is 0.359 e. The Hall–Kier alpha value is -2.79. The second kappa shape index (κ2) is 9.59. The Labute approximate surface area is 217 Å². The Kier molecular flexibility index (Phi) is 6.63. The first-order valence-electron chi connectivity index (χ1n) is 12.0. The highest BCUT2D eigenvalue weighted by Gasteiger charge is 2.51. The Morgan fingerprint density at radius 3 is 2.86 bits per heavy atom. The van der Waals surface area contributed by atoms with Crippen LogP contribution in [-0.2, 0) is 17.8 Å². The minimum Gasteiger partial charge on any atom is -0.359 e. The predicted molar refractivity (Wildman–Crippen MR) is 139 cm³/mol. The van der Waals surface area contributed by atoms with E-state index in [1.165, 1.54) is 11.3 Å². The zero-order valence-corrected chi connectivity index (χ0v) is 21.8. The van der Waals surface area contributed by atoms with Crippen LogP contribution in [0.2, 0.25) is 5.02 Å². The topological polar surface area (TPSA) is 133 Å². The van der Waals surface area contributed by atoms with Crippen molar-refractivity contribution >= 4 is 51.4 Å². The van der Waals surface area contributed by atoms with Gasteiger partial charge in [-0.1, -0.05) is 11.6 Å². The number of halogens is 1. The van der Waals surface area contributed by atoms with Gasteiger partial charge in [0.05, 0.1) is 11.4 Å². The van der Waals surface area contributed by atoms with Crippen molar-refractivity contribution in [1.29, 1.82) is 0 Å². The lowest BCUT2D eigenvalue weighted by Gasteiger charge is -2.43. The predicted octanol–water partition coefficient (Wildman–Crippen LogP) is 2.49. The van der Waals surface area contributed by atoms with Crippen molar-refractivity contribution in [3.63, 3.8) is 0 Å². The molecule has 0 saturated heterocycles. The average molecular weight is 529 g/mol. The van der Waals surface area contributed by atoms with Gasteiger partial charge in [0.1, 0.15) is 5.54 Å². The summed E-state index contributed by atoms with van der Waals surface area (Å²) < 4.78 is 0. The number of thiazole rings is 1. The third kappa shape index (κ3) is 4.43. The van der Waals surface area contributed by atoms with Gasteiger partial charge in [-0.15, -0.1) is 11.3 Å². The molecule has 1 saturated carbocycles. The molecule has 2 amide bonds. The molecule has 3 heterocycles. The molecule has 1 aromatic carbocycles. The molecular formula is C25H29ClN6O3S. The summed E-state index contributed by atoms with van der Waals surface area (Å²) in [5, 5.41) is 7.33. The van der Waals surface area contributed by atoms with Crippen molar-refractivity contribution in [2.24, 2.45) is 11.7 Å². The first-order chi connectivity index (χ1) is 17.2. The molecule has 11 heteroatoms. The molecule has 1 fully saturated rings. The second-order valence-corrected chi connectivity index (χ2v) is 11.3. The van der Waals surface area contributed by atoms with Gasteiger partial charge in [-0.3, -0.25) is 14.4 Å². The highest BCUT2D eigenvalue weighted by atomic mass is 35.5. The zero-order valence-electron chi connectivity index (χ0n) is 20.2. The number of fused-ring (bicyclic) bond motifs is 2. The number of aromatic amines is 1. The number of rotatable bonds is 5. The van der Waals surface area contributed by atoms with Crippen LogP contribution in [0.25, 0.3) is 10.9 Å². The summed E-state index contributed by atoms with van der Waals surface area (Å²) >= 11 is 7.49. The number of Topliss-reactive ketones (excluding diaryl/α,β-unsaturated/α-hetero) is 1. The molecular weight excluding hydrogens is 500 g/mol. The van der Waals surface area contributed by atoms with Crippen molar-refractivity contribution in [2.75, 3.05) is 20.6 Å². The Bertz CT molecular complexity index is 1350. The van der Waals surface area contributed by atoms with Crippen LogP contribution in [0.4, 0.5) is 0 Å². The molecule has 9 nitrogen and oxygen atoms in total. The average Bonchev–Trinajstić information content (AvgIpc) is 3.47. The normalized spacial score (nSPS) is 24.3. The summed E-state index contributed by atoms with van der Waals surface area (Å²) in [6, 6.07) is 6.29. The molecule has 3 unspecified atom stereocenters. The Balaban J connectivity index is 1.49. The zero-order chi connectivity index (χ0) is 25.6. The number of ketones is 1. The molecule has 36 heavy (non-hydrogen) atoms. The highest BCUT2D eigenvalue weighted by molar-refractivity contribution is 7.13. The summed E-state index contributed by atoms with van der Waals surface area (Å²) in [7, 11) is 3.62. The van der Waals surface area contributed by atoms with Gasteiger partial charge in [0.2, 0.25) is 11.7 Å². The molecule has 5 N–H and O–H groups in total. The van der Waals surface area contributed by atoms with Gasteiger partial charge >= 0.3 is 0 Å². The first kappa shape index (κ1) is 24.9. The SMILES string of the molecule is CNC(=O)C1CCC(NC(=O)c2nc3c(s2)CN(C)CC3)(C(=O)c2cc3cc(Cl)ccc3[nH]2)C(N)C1. The lowest BCUT2D eigenvalue weighted by molar-refractivity contribution is -0.126. The molecule has 2 aliphatic rings. The van der Waals surface area contributed by atoms with E-state index in [2.05, 4.69) is 25.5 Å². The smallest absolute Gasteiger partial charge is 0.281 e. The minimum atomic E-state index is -1.38. The molecule has 3 atom stereocenters. The van der Waals surface area contributed by atoms with Gasteiger partial charge in [-0.05, 0) is 50.6 Å². The van der Waals surface area contributed by atoms with E-state index in [-0.39, 0.29) is 30.4 Å². The Morgan fingerprint density at radius 1 is 1.31 bits per heavy atom. The fourth-order valence-electron chi connectivity index (χ4n) is 5.29. The van der Waals surface area contributed by atoms with Crippen molar-refractivity contribution in [1.82, 2.24) is 25.5 Å². The van der Waals surface area contributed by atoms with E-state index in [0.717, 1.165) is 41.0 Å². The van der Waals surface area contributed by atoms with Crippen LogP contribution in [0.3, 0.4) is 0 Å². The lowest BCUT2D eigenvalue weighted by Crippen LogP contribution is -2.67. The van der Waals surface area contributed by atoms with E-state index >= 15 is 0 Å². The van der Waals surface area contributed by atoms with Gasteiger partial charge < -0.3 is 26.3 Å². The van der Waals surface area contributed by atoms with Crippen LogP contribution < -0.4 is 16.4 Å². The molecule has 0 spiro atoms. The third-order valence-corrected chi connectivity index (χ3v) is 8.68. The quantitative estimate of drug-likeness (QED) is 0.376. The van der Waals surface area contributed by atoms with Crippen LogP contribution in [0, 0.1) is 5.92 Å². The van der Waals surface area contributed by atoms with Crippen LogP contribution in [0.15, 0.2) is 24.3 Å². The van der Waals surface area contributed by atoms with E-state index in [4.69, 9.17) is 17.3 Å². The van der Waals surface area contributed by atoms with Gasteiger partial charge in [0.15, 0.2) is 5.01 Å². The van der Waals surface area contributed by atoms with E-state index in [1.807, 2.05) is 7.05 Å². The van der Waals surface area contributed by atoms with Crippen molar-refractivity contribution < 1.29 is 14.4 Å². The van der Waals surface area contributed by atoms with Gasteiger partial charge in [0, 0.05) is 59.3 Å². The second-order valence-electron chi connectivity index (χ2n) is 9.74. The van der Waals surface area contributed by atoms with Crippen molar-refractivity contribution in [3.05, 3.63) is 50.6 Å². The summed E-state index contributed by atoms with van der Waals surface area (Å²) in [6.45, 7) is 1.63. The molecule has 1 aliphatic carbocycles. The minimum absolute atomic E-state index is 0.116. The number of aromatic nitrogens is 2. The van der Waals surface area contributed by atoms with Gasteiger partial charge in [0.25, 0.3) is 5.91 Å². The van der Waals surface area contributed by atoms with Crippen LogP contribution in [-0.4, -0.2) is 64.7 Å². The van der Waals surface area contributed by atoms with Crippen LogP contribution >= 0.6 is 22.9 Å². The number of hydrogen-bond donors (Lipinski definition) is 4. The number of nitrogens with zero attached hydrogens (tertiary/aromatic N) is 2. The monoisotopic (exact) mass is 528 g/mol. The number of hydrogen-bond acceptors (Lipinski definition) is 7. The molecule has 0 bridgehead atoms. The maximum atomic E-state index is 14.1. The van der Waals surface area contributed by atoms with E-state index in [9.17, 15) is 14.4 Å². The van der Waals surface area contributed by atoms with Gasteiger partial charge in [-0.25, -0.2) is 4.98 Å².